The molecule has 32 heavy (non-hydrogen) atoms. The summed E-state index contributed by atoms with van der Waals surface area (Å²) in [6.07, 6.45) is 9.27. The number of carbonyl (C=O) groups is 1. The highest BCUT2D eigenvalue weighted by molar-refractivity contribution is 7.92. The molecular weight excluding hydrogens is 426 g/mol. The van der Waals surface area contributed by atoms with Crippen molar-refractivity contribution in [3.05, 3.63) is 72.8 Å². The van der Waals surface area contributed by atoms with Gasteiger partial charge in [0.1, 0.15) is 0 Å². The third-order valence-corrected chi connectivity index (χ3v) is 6.78. The Labute approximate surface area is 188 Å². The van der Waals surface area contributed by atoms with Gasteiger partial charge in [0.25, 0.3) is 15.9 Å². The molecule has 0 spiro atoms. The first kappa shape index (κ1) is 21.9. The minimum atomic E-state index is -3.85. The first-order valence-corrected chi connectivity index (χ1v) is 12.2. The van der Waals surface area contributed by atoms with E-state index in [2.05, 4.69) is 20.3 Å². The zero-order valence-electron chi connectivity index (χ0n) is 17.7. The van der Waals surface area contributed by atoms with Gasteiger partial charge >= 0.3 is 0 Å². The van der Waals surface area contributed by atoms with Crippen LogP contribution in [0.15, 0.2) is 72.1 Å². The molecule has 0 radical (unpaired) electrons. The van der Waals surface area contributed by atoms with Crippen LogP contribution in [0.4, 0.5) is 11.4 Å². The van der Waals surface area contributed by atoms with Gasteiger partial charge in [-0.2, -0.15) is 0 Å². The van der Waals surface area contributed by atoms with E-state index in [-0.39, 0.29) is 10.8 Å². The number of aryl methyl sites for hydroxylation is 1. The zero-order chi connectivity index (χ0) is 22.4. The molecule has 0 unspecified atom stereocenters. The van der Waals surface area contributed by atoms with Crippen molar-refractivity contribution in [2.45, 2.75) is 43.2 Å². The Morgan fingerprint density at radius 2 is 1.91 bits per heavy atom. The minimum Gasteiger partial charge on any atom is -0.382 e. The minimum absolute atomic E-state index is 0.0502. The van der Waals surface area contributed by atoms with Crippen molar-refractivity contribution in [2.24, 2.45) is 0 Å². The fourth-order valence-corrected chi connectivity index (χ4v) is 4.59. The Morgan fingerprint density at radius 3 is 2.59 bits per heavy atom. The summed E-state index contributed by atoms with van der Waals surface area (Å²) in [5.41, 5.74) is 1.41. The molecule has 1 aliphatic carbocycles. The van der Waals surface area contributed by atoms with Crippen LogP contribution >= 0.6 is 0 Å². The van der Waals surface area contributed by atoms with Crippen molar-refractivity contribution in [3.63, 3.8) is 0 Å². The fourth-order valence-electron chi connectivity index (χ4n) is 3.46. The Bertz CT molecular complexity index is 1140. The monoisotopic (exact) mass is 453 g/mol. The molecule has 0 aliphatic heterocycles. The van der Waals surface area contributed by atoms with Gasteiger partial charge in [0, 0.05) is 48.5 Å². The standard InChI is InChI=1S/C23H27N5O3S/c29-23(25-10-5-12-28-13-11-24-17-28)18-14-21(26-19-8-4-9-19)16-22(15-18)32(30,31)27-20-6-2-1-3-7-20/h1-3,6-7,11,13-17,19,26-27H,4-5,8-10,12H2,(H,25,29). The van der Waals surface area contributed by atoms with Crippen molar-refractivity contribution in [2.75, 3.05) is 16.6 Å². The maximum atomic E-state index is 13.0. The molecule has 0 atom stereocenters. The second-order valence-corrected chi connectivity index (χ2v) is 9.58. The number of aromatic nitrogens is 2. The summed E-state index contributed by atoms with van der Waals surface area (Å²) >= 11 is 0. The third kappa shape index (κ3) is 5.67. The van der Waals surface area contributed by atoms with E-state index in [9.17, 15) is 13.2 Å². The number of benzene rings is 2. The molecule has 9 heteroatoms. The number of nitrogens with one attached hydrogen (secondary N) is 3. The van der Waals surface area contributed by atoms with Crippen LogP contribution in [0.5, 0.6) is 0 Å². The van der Waals surface area contributed by atoms with E-state index >= 15 is 0 Å². The summed E-state index contributed by atoms with van der Waals surface area (Å²) in [5.74, 6) is -0.302. The van der Waals surface area contributed by atoms with E-state index in [0.717, 1.165) is 32.2 Å². The van der Waals surface area contributed by atoms with Crippen molar-refractivity contribution in [1.29, 1.82) is 0 Å². The average Bonchev–Trinajstić information content (AvgIpc) is 3.27. The zero-order valence-corrected chi connectivity index (χ0v) is 18.5. The van der Waals surface area contributed by atoms with E-state index in [4.69, 9.17) is 0 Å². The fraction of sp³-hybridized carbons (Fsp3) is 0.304. The van der Waals surface area contributed by atoms with E-state index < -0.39 is 10.0 Å². The van der Waals surface area contributed by atoms with Crippen LogP contribution in [0.3, 0.4) is 0 Å². The van der Waals surface area contributed by atoms with Gasteiger partial charge in [-0.05, 0) is 56.0 Å². The summed E-state index contributed by atoms with van der Waals surface area (Å²) in [7, 11) is -3.85. The van der Waals surface area contributed by atoms with Crippen LogP contribution in [-0.4, -0.2) is 36.5 Å². The molecule has 1 saturated carbocycles. The van der Waals surface area contributed by atoms with Crippen LogP contribution in [0.2, 0.25) is 0 Å². The van der Waals surface area contributed by atoms with Gasteiger partial charge in [-0.1, -0.05) is 18.2 Å². The molecule has 3 N–H and O–H groups in total. The first-order valence-electron chi connectivity index (χ1n) is 10.7. The van der Waals surface area contributed by atoms with Crippen molar-refractivity contribution < 1.29 is 13.2 Å². The molecule has 4 rings (SSSR count). The number of anilines is 2. The Balaban J connectivity index is 1.50. The molecule has 0 bridgehead atoms. The summed E-state index contributed by atoms with van der Waals surface area (Å²) in [6.45, 7) is 1.21. The Hall–Kier alpha value is -3.33. The first-order chi connectivity index (χ1) is 15.5. The molecule has 8 nitrogen and oxygen atoms in total. The second kappa shape index (κ2) is 9.86. The number of nitrogens with zero attached hydrogens (tertiary/aromatic N) is 2. The van der Waals surface area contributed by atoms with E-state index in [1.165, 1.54) is 6.07 Å². The number of para-hydroxylation sites is 1. The van der Waals surface area contributed by atoms with E-state index in [1.807, 2.05) is 16.8 Å². The highest BCUT2D eigenvalue weighted by Crippen LogP contribution is 2.27. The van der Waals surface area contributed by atoms with Crippen LogP contribution < -0.4 is 15.4 Å². The molecule has 3 aromatic rings. The second-order valence-electron chi connectivity index (χ2n) is 7.90. The van der Waals surface area contributed by atoms with Crippen molar-refractivity contribution >= 4 is 27.3 Å². The van der Waals surface area contributed by atoms with Crippen LogP contribution in [0.25, 0.3) is 0 Å². The largest absolute Gasteiger partial charge is 0.382 e. The lowest BCUT2D eigenvalue weighted by atomic mass is 9.93. The van der Waals surface area contributed by atoms with Crippen molar-refractivity contribution in [1.82, 2.24) is 14.9 Å². The van der Waals surface area contributed by atoms with Gasteiger partial charge in [0.15, 0.2) is 0 Å². The number of hydrogen-bond donors (Lipinski definition) is 3. The lowest BCUT2D eigenvalue weighted by Crippen LogP contribution is -2.28. The van der Waals surface area contributed by atoms with Gasteiger partial charge < -0.3 is 15.2 Å². The number of amides is 1. The Morgan fingerprint density at radius 1 is 1.09 bits per heavy atom. The van der Waals surface area contributed by atoms with Gasteiger partial charge in [-0.3, -0.25) is 9.52 Å². The highest BCUT2D eigenvalue weighted by Gasteiger charge is 2.21. The van der Waals surface area contributed by atoms with E-state index in [1.54, 1.807) is 48.9 Å². The summed E-state index contributed by atoms with van der Waals surface area (Å²) in [4.78, 5) is 16.8. The van der Waals surface area contributed by atoms with Gasteiger partial charge in [0.2, 0.25) is 0 Å². The maximum Gasteiger partial charge on any atom is 0.261 e. The number of imidazole rings is 1. The van der Waals surface area contributed by atoms with Crippen LogP contribution in [0.1, 0.15) is 36.0 Å². The molecule has 1 aromatic heterocycles. The molecule has 1 fully saturated rings. The summed E-state index contributed by atoms with van der Waals surface area (Å²) in [5, 5.41) is 6.24. The molecule has 0 saturated heterocycles. The van der Waals surface area contributed by atoms with Gasteiger partial charge in [-0.15, -0.1) is 0 Å². The summed E-state index contributed by atoms with van der Waals surface area (Å²) < 4.78 is 30.5. The highest BCUT2D eigenvalue weighted by atomic mass is 32.2. The number of hydrogen-bond acceptors (Lipinski definition) is 5. The summed E-state index contributed by atoms with van der Waals surface area (Å²) in [6, 6.07) is 13.7. The number of carbonyl (C=O) groups excluding carboxylic acids is 1. The number of rotatable bonds is 10. The predicted octanol–water partition coefficient (Wildman–Crippen LogP) is 3.47. The van der Waals surface area contributed by atoms with Gasteiger partial charge in [-0.25, -0.2) is 13.4 Å². The smallest absolute Gasteiger partial charge is 0.261 e. The topological polar surface area (TPSA) is 105 Å². The quantitative estimate of drug-likeness (QED) is 0.408. The normalized spacial score (nSPS) is 13.9. The number of sulfonamides is 1. The lowest BCUT2D eigenvalue weighted by Gasteiger charge is -2.28. The average molecular weight is 454 g/mol. The van der Waals surface area contributed by atoms with Crippen LogP contribution in [-0.2, 0) is 16.6 Å². The van der Waals surface area contributed by atoms with Crippen molar-refractivity contribution in [3.8, 4) is 0 Å². The van der Waals surface area contributed by atoms with Gasteiger partial charge in [0.05, 0.1) is 11.2 Å². The molecule has 168 valence electrons. The van der Waals surface area contributed by atoms with Crippen LogP contribution in [0, 0.1) is 0 Å². The molecule has 1 heterocycles. The maximum absolute atomic E-state index is 13.0. The molecule has 1 amide bonds. The third-order valence-electron chi connectivity index (χ3n) is 5.42. The molecular formula is C23H27N5O3S. The lowest BCUT2D eigenvalue weighted by molar-refractivity contribution is 0.0952. The Kier molecular flexibility index (Phi) is 6.75. The van der Waals surface area contributed by atoms with E-state index in [0.29, 0.717) is 29.5 Å². The SMILES string of the molecule is O=C(NCCCn1ccnc1)c1cc(NC2CCC2)cc(S(=O)(=O)Nc2ccccc2)c1. The molecule has 2 aromatic carbocycles. The molecule has 1 aliphatic rings. The predicted molar refractivity (Wildman–Crippen MR) is 124 cm³/mol.